The highest BCUT2D eigenvalue weighted by atomic mass is 79.9. The van der Waals surface area contributed by atoms with Crippen LogP contribution in [0.2, 0.25) is 0 Å². The van der Waals surface area contributed by atoms with Crippen molar-refractivity contribution in [2.45, 2.75) is 0 Å². The van der Waals surface area contributed by atoms with Gasteiger partial charge in [0.1, 0.15) is 16.4 Å². The fourth-order valence-corrected chi connectivity index (χ4v) is 1.40. The zero-order valence-corrected chi connectivity index (χ0v) is 7.00. The topological polar surface area (TPSA) is 50.2 Å². The molecule has 0 fully saturated rings. The predicted octanol–water partition coefficient (Wildman–Crippen LogP) is 0.785. The van der Waals surface area contributed by atoms with E-state index in [9.17, 15) is 4.79 Å². The molecule has 0 aromatic carbocycles. The van der Waals surface area contributed by atoms with Crippen molar-refractivity contribution in [1.82, 2.24) is 14.4 Å². The third-order valence-electron chi connectivity index (χ3n) is 1.41. The van der Waals surface area contributed by atoms with Gasteiger partial charge in [0.25, 0.3) is 5.56 Å². The van der Waals surface area contributed by atoms with E-state index in [1.165, 1.54) is 0 Å². The lowest BCUT2D eigenvalue weighted by molar-refractivity contribution is 1.09. The van der Waals surface area contributed by atoms with Crippen LogP contribution in [0.5, 0.6) is 0 Å². The van der Waals surface area contributed by atoms with Crippen LogP contribution in [0.3, 0.4) is 0 Å². The van der Waals surface area contributed by atoms with E-state index >= 15 is 0 Å². The summed E-state index contributed by atoms with van der Waals surface area (Å²) in [5.74, 6) is 0. The van der Waals surface area contributed by atoms with E-state index in [1.807, 2.05) is 0 Å². The van der Waals surface area contributed by atoms with Gasteiger partial charge in [0.05, 0.1) is 0 Å². The van der Waals surface area contributed by atoms with Crippen LogP contribution >= 0.6 is 15.9 Å². The molecule has 2 aromatic rings. The van der Waals surface area contributed by atoms with Crippen molar-refractivity contribution in [3.63, 3.8) is 0 Å². The zero-order chi connectivity index (χ0) is 7.84. The van der Waals surface area contributed by atoms with Crippen molar-refractivity contribution < 1.29 is 0 Å². The molecular weight excluding hydrogens is 210 g/mol. The fourth-order valence-electron chi connectivity index (χ4n) is 0.924. The van der Waals surface area contributed by atoms with E-state index in [4.69, 9.17) is 0 Å². The first-order valence-electron chi connectivity index (χ1n) is 2.99. The van der Waals surface area contributed by atoms with Crippen LogP contribution in [0.1, 0.15) is 0 Å². The Morgan fingerprint density at radius 3 is 3.18 bits per heavy atom. The molecule has 0 atom stereocenters. The van der Waals surface area contributed by atoms with Crippen LogP contribution in [-0.4, -0.2) is 14.4 Å². The van der Waals surface area contributed by atoms with Gasteiger partial charge >= 0.3 is 0 Å². The summed E-state index contributed by atoms with van der Waals surface area (Å²) in [6.45, 7) is 0. The maximum atomic E-state index is 11.1. The van der Waals surface area contributed by atoms with E-state index < -0.39 is 0 Å². The number of aromatic amines is 1. The van der Waals surface area contributed by atoms with Gasteiger partial charge in [-0.25, -0.2) is 4.98 Å². The van der Waals surface area contributed by atoms with Gasteiger partial charge in [0.15, 0.2) is 0 Å². The van der Waals surface area contributed by atoms with E-state index in [0.29, 0.717) is 10.1 Å². The van der Waals surface area contributed by atoms with Crippen molar-refractivity contribution in [3.05, 3.63) is 33.7 Å². The molecule has 0 unspecified atom stereocenters. The summed E-state index contributed by atoms with van der Waals surface area (Å²) >= 11 is 3.17. The molecule has 0 saturated carbocycles. The van der Waals surface area contributed by atoms with Crippen molar-refractivity contribution in [1.29, 1.82) is 0 Å². The minimum absolute atomic E-state index is 0.142. The number of halogens is 1. The van der Waals surface area contributed by atoms with Gasteiger partial charge in [-0.2, -0.15) is 0 Å². The smallest absolute Gasteiger partial charge is 0.275 e. The minimum Gasteiger partial charge on any atom is -0.326 e. The minimum atomic E-state index is -0.142. The van der Waals surface area contributed by atoms with Crippen LogP contribution in [0.15, 0.2) is 28.1 Å². The van der Waals surface area contributed by atoms with Crippen LogP contribution in [0, 0.1) is 0 Å². The number of aromatic nitrogens is 3. The summed E-state index contributed by atoms with van der Waals surface area (Å²) in [5, 5.41) is 0. The Morgan fingerprint density at radius 1 is 1.64 bits per heavy atom. The first-order chi connectivity index (χ1) is 5.29. The summed E-state index contributed by atoms with van der Waals surface area (Å²) in [4.78, 5) is 17.6. The lowest BCUT2D eigenvalue weighted by Gasteiger charge is -1.88. The molecule has 0 bridgehead atoms. The molecule has 0 spiro atoms. The predicted molar refractivity (Wildman–Crippen MR) is 43.5 cm³/mol. The molecule has 5 heteroatoms. The largest absolute Gasteiger partial charge is 0.326 e. The first-order valence-corrected chi connectivity index (χ1v) is 3.78. The second-order valence-corrected chi connectivity index (χ2v) is 2.83. The van der Waals surface area contributed by atoms with Crippen LogP contribution in [0.25, 0.3) is 5.52 Å². The van der Waals surface area contributed by atoms with Crippen LogP contribution in [-0.2, 0) is 0 Å². The molecule has 0 aliphatic heterocycles. The Labute approximate surface area is 70.0 Å². The molecule has 11 heavy (non-hydrogen) atoms. The molecule has 56 valence electrons. The number of imidazole rings is 1. The van der Waals surface area contributed by atoms with Gasteiger partial charge in [-0.1, -0.05) is 0 Å². The number of nitrogens with one attached hydrogen (secondary N) is 1. The Kier molecular flexibility index (Phi) is 1.32. The quantitative estimate of drug-likeness (QED) is 0.704. The summed E-state index contributed by atoms with van der Waals surface area (Å²) in [6, 6.07) is 0. The standard InChI is InChI=1S/C6H4BrN3O/c7-5-4-6(11)8-1-2-10(4)3-9-5/h1-3H,(H,8,11). The lowest BCUT2D eigenvalue weighted by Crippen LogP contribution is -2.07. The maximum Gasteiger partial charge on any atom is 0.275 e. The normalized spacial score (nSPS) is 10.6. The average Bonchev–Trinajstić information content (AvgIpc) is 2.34. The highest BCUT2D eigenvalue weighted by molar-refractivity contribution is 9.10. The molecule has 1 N–H and O–H groups in total. The second kappa shape index (κ2) is 2.20. The Bertz CT molecular complexity index is 444. The highest BCUT2D eigenvalue weighted by Gasteiger charge is 2.02. The van der Waals surface area contributed by atoms with Gasteiger partial charge in [-0.3, -0.25) is 9.20 Å². The Morgan fingerprint density at radius 2 is 2.45 bits per heavy atom. The number of hydrogen-bond donors (Lipinski definition) is 1. The number of nitrogens with zero attached hydrogens (tertiary/aromatic N) is 2. The van der Waals surface area contributed by atoms with Crippen LogP contribution in [0.4, 0.5) is 0 Å². The van der Waals surface area contributed by atoms with Gasteiger partial charge in [-0.15, -0.1) is 0 Å². The lowest BCUT2D eigenvalue weighted by atomic mass is 10.6. The summed E-state index contributed by atoms with van der Waals surface area (Å²) < 4.78 is 2.22. The Balaban J connectivity index is 3.08. The zero-order valence-electron chi connectivity index (χ0n) is 5.41. The van der Waals surface area contributed by atoms with Crippen molar-refractivity contribution >= 4 is 21.4 Å². The summed E-state index contributed by atoms with van der Waals surface area (Å²) in [6.07, 6.45) is 4.88. The van der Waals surface area contributed by atoms with Gasteiger partial charge < -0.3 is 4.98 Å². The molecule has 2 heterocycles. The van der Waals surface area contributed by atoms with Crippen LogP contribution < -0.4 is 5.56 Å². The molecule has 0 radical (unpaired) electrons. The van der Waals surface area contributed by atoms with E-state index in [0.717, 1.165) is 0 Å². The molecule has 0 amide bonds. The molecule has 2 rings (SSSR count). The SMILES string of the molecule is O=c1[nH]ccn2cnc(Br)c12. The monoisotopic (exact) mass is 213 g/mol. The van der Waals surface area contributed by atoms with E-state index in [1.54, 1.807) is 23.1 Å². The molecule has 4 nitrogen and oxygen atoms in total. The number of rotatable bonds is 0. The summed E-state index contributed by atoms with van der Waals surface area (Å²) in [5.41, 5.74) is 0.393. The Hall–Kier alpha value is -1.10. The highest BCUT2D eigenvalue weighted by Crippen LogP contribution is 2.09. The van der Waals surface area contributed by atoms with Gasteiger partial charge in [0.2, 0.25) is 0 Å². The number of fused-ring (bicyclic) bond motifs is 1. The third kappa shape index (κ3) is 0.883. The second-order valence-electron chi connectivity index (χ2n) is 2.08. The van der Waals surface area contributed by atoms with Crippen molar-refractivity contribution in [2.75, 3.05) is 0 Å². The van der Waals surface area contributed by atoms with Crippen molar-refractivity contribution in [2.24, 2.45) is 0 Å². The number of H-pyrrole nitrogens is 1. The molecule has 2 aromatic heterocycles. The van der Waals surface area contributed by atoms with Gasteiger partial charge in [0, 0.05) is 12.4 Å². The summed E-state index contributed by atoms with van der Waals surface area (Å²) in [7, 11) is 0. The molecule has 0 aliphatic rings. The van der Waals surface area contributed by atoms with Gasteiger partial charge in [-0.05, 0) is 15.9 Å². The maximum absolute atomic E-state index is 11.1. The fraction of sp³-hybridized carbons (Fsp3) is 0. The van der Waals surface area contributed by atoms with Crippen molar-refractivity contribution in [3.8, 4) is 0 Å². The molecular formula is C6H4BrN3O. The average molecular weight is 214 g/mol. The number of hydrogen-bond acceptors (Lipinski definition) is 2. The third-order valence-corrected chi connectivity index (χ3v) is 1.99. The molecule has 0 saturated heterocycles. The first kappa shape index (κ1) is 6.60. The van der Waals surface area contributed by atoms with E-state index in [-0.39, 0.29) is 5.56 Å². The molecule has 0 aliphatic carbocycles. The van der Waals surface area contributed by atoms with E-state index in [2.05, 4.69) is 25.9 Å².